The van der Waals surface area contributed by atoms with Crippen LogP contribution in [0, 0.1) is 0 Å². The Morgan fingerprint density at radius 2 is 2.19 bits per heavy atom. The lowest BCUT2D eigenvalue weighted by molar-refractivity contribution is 0.150. The molecular weight excluding hydrogens is 218 g/mol. The Morgan fingerprint density at radius 3 is 2.88 bits per heavy atom. The summed E-state index contributed by atoms with van der Waals surface area (Å²) in [7, 11) is 0. The van der Waals surface area contributed by atoms with E-state index in [1.807, 2.05) is 0 Å². The molecule has 16 heavy (non-hydrogen) atoms. The van der Waals surface area contributed by atoms with Crippen molar-refractivity contribution in [3.05, 3.63) is 17.8 Å². The first-order valence-corrected chi connectivity index (χ1v) is 6.73. The summed E-state index contributed by atoms with van der Waals surface area (Å²) in [6.45, 7) is 1.17. The van der Waals surface area contributed by atoms with Gasteiger partial charge in [-0.2, -0.15) is 0 Å². The highest BCUT2D eigenvalue weighted by Gasteiger charge is 2.49. The standard InChI is InChI=1S/C12H13N3S/c1-3-12(4-1)5-6-15(12)10-9-2-7-16-11(9)14-8-13-10/h2,7-8H,1,3-6H2. The molecule has 4 rings (SSSR count). The molecule has 0 amide bonds. The number of aromatic nitrogens is 2. The molecule has 1 saturated carbocycles. The predicted molar refractivity (Wildman–Crippen MR) is 66.0 cm³/mol. The van der Waals surface area contributed by atoms with E-state index < -0.39 is 0 Å². The van der Waals surface area contributed by atoms with Gasteiger partial charge in [-0.05, 0) is 37.1 Å². The molecule has 0 atom stereocenters. The molecule has 0 aromatic carbocycles. The summed E-state index contributed by atoms with van der Waals surface area (Å²) in [6.07, 6.45) is 7.14. The first-order valence-electron chi connectivity index (χ1n) is 5.85. The highest BCUT2D eigenvalue weighted by atomic mass is 32.1. The third kappa shape index (κ3) is 0.981. The highest BCUT2D eigenvalue weighted by Crippen LogP contribution is 2.49. The van der Waals surface area contributed by atoms with Gasteiger partial charge in [0.15, 0.2) is 0 Å². The van der Waals surface area contributed by atoms with E-state index in [1.165, 1.54) is 37.6 Å². The second kappa shape index (κ2) is 2.94. The van der Waals surface area contributed by atoms with E-state index >= 15 is 0 Å². The smallest absolute Gasteiger partial charge is 0.141 e. The van der Waals surface area contributed by atoms with E-state index in [0.29, 0.717) is 5.54 Å². The molecule has 2 fully saturated rings. The van der Waals surface area contributed by atoms with Gasteiger partial charge in [0, 0.05) is 12.1 Å². The maximum absolute atomic E-state index is 4.50. The largest absolute Gasteiger partial charge is 0.350 e. The van der Waals surface area contributed by atoms with Crippen LogP contribution in [0.1, 0.15) is 25.7 Å². The van der Waals surface area contributed by atoms with Crippen molar-refractivity contribution in [1.29, 1.82) is 0 Å². The third-order valence-corrected chi connectivity index (χ3v) is 4.97. The number of rotatable bonds is 1. The molecule has 0 radical (unpaired) electrons. The lowest BCUT2D eigenvalue weighted by Gasteiger charge is -2.59. The Morgan fingerprint density at radius 1 is 1.25 bits per heavy atom. The lowest BCUT2D eigenvalue weighted by atomic mass is 9.68. The number of hydrogen-bond donors (Lipinski definition) is 0. The summed E-state index contributed by atoms with van der Waals surface area (Å²) in [5.41, 5.74) is 0.475. The van der Waals surface area contributed by atoms with Crippen LogP contribution >= 0.6 is 11.3 Å². The van der Waals surface area contributed by atoms with E-state index in [1.54, 1.807) is 17.7 Å². The van der Waals surface area contributed by atoms with Gasteiger partial charge in [-0.3, -0.25) is 0 Å². The van der Waals surface area contributed by atoms with Crippen LogP contribution in [-0.4, -0.2) is 22.1 Å². The maximum Gasteiger partial charge on any atom is 0.141 e. The lowest BCUT2D eigenvalue weighted by Crippen LogP contribution is -2.64. The minimum absolute atomic E-state index is 0.475. The first kappa shape index (κ1) is 8.93. The summed E-state index contributed by atoms with van der Waals surface area (Å²) in [5.74, 6) is 1.16. The summed E-state index contributed by atoms with van der Waals surface area (Å²) in [5, 5.41) is 3.34. The molecule has 3 nitrogen and oxygen atoms in total. The van der Waals surface area contributed by atoms with Crippen LogP contribution < -0.4 is 4.90 Å². The van der Waals surface area contributed by atoms with Crippen molar-refractivity contribution in [3.63, 3.8) is 0 Å². The molecule has 0 N–H and O–H groups in total. The summed E-state index contributed by atoms with van der Waals surface area (Å²) < 4.78 is 0. The van der Waals surface area contributed by atoms with Crippen molar-refractivity contribution in [1.82, 2.24) is 9.97 Å². The van der Waals surface area contributed by atoms with Crippen molar-refractivity contribution in [3.8, 4) is 0 Å². The second-order valence-electron chi connectivity index (χ2n) is 4.82. The van der Waals surface area contributed by atoms with Crippen molar-refractivity contribution in [2.75, 3.05) is 11.4 Å². The summed E-state index contributed by atoms with van der Waals surface area (Å²) >= 11 is 1.70. The Bertz CT molecular complexity index is 538. The second-order valence-corrected chi connectivity index (χ2v) is 5.71. The van der Waals surface area contributed by atoms with Crippen molar-refractivity contribution in [2.45, 2.75) is 31.2 Å². The van der Waals surface area contributed by atoms with Gasteiger partial charge in [-0.15, -0.1) is 11.3 Å². The maximum atomic E-state index is 4.50. The zero-order valence-corrected chi connectivity index (χ0v) is 9.83. The Hall–Kier alpha value is -1.16. The normalized spacial score (nSPS) is 22.1. The number of thiophene rings is 1. The van der Waals surface area contributed by atoms with Crippen LogP contribution in [0.2, 0.25) is 0 Å². The molecule has 82 valence electrons. The van der Waals surface area contributed by atoms with Gasteiger partial charge in [0.2, 0.25) is 0 Å². The predicted octanol–water partition coefficient (Wildman–Crippen LogP) is 2.82. The van der Waals surface area contributed by atoms with Gasteiger partial charge in [0.1, 0.15) is 17.0 Å². The molecule has 0 unspecified atom stereocenters. The molecule has 2 aromatic rings. The molecular formula is C12H13N3S. The Kier molecular flexibility index (Phi) is 1.64. The minimum atomic E-state index is 0.475. The third-order valence-electron chi connectivity index (χ3n) is 4.15. The van der Waals surface area contributed by atoms with Gasteiger partial charge in [-0.25, -0.2) is 9.97 Å². The number of nitrogens with zero attached hydrogens (tertiary/aromatic N) is 3. The molecule has 2 aromatic heterocycles. The van der Waals surface area contributed by atoms with Crippen LogP contribution in [0.5, 0.6) is 0 Å². The monoisotopic (exact) mass is 231 g/mol. The first-order chi connectivity index (χ1) is 7.89. The van der Waals surface area contributed by atoms with E-state index in [9.17, 15) is 0 Å². The average molecular weight is 231 g/mol. The van der Waals surface area contributed by atoms with E-state index in [4.69, 9.17) is 0 Å². The number of hydrogen-bond acceptors (Lipinski definition) is 4. The van der Waals surface area contributed by atoms with Crippen LogP contribution in [0.25, 0.3) is 10.2 Å². The Labute approximate surface area is 98.1 Å². The van der Waals surface area contributed by atoms with Crippen molar-refractivity contribution >= 4 is 27.4 Å². The van der Waals surface area contributed by atoms with Gasteiger partial charge in [0.25, 0.3) is 0 Å². The van der Waals surface area contributed by atoms with Crippen LogP contribution in [0.15, 0.2) is 17.8 Å². The number of anilines is 1. The molecule has 1 spiro atoms. The SMILES string of the molecule is c1nc(N2CCC23CCC3)c2ccsc2n1. The fourth-order valence-corrected chi connectivity index (χ4v) is 3.69. The van der Waals surface area contributed by atoms with E-state index in [2.05, 4.69) is 26.3 Å². The summed E-state index contributed by atoms with van der Waals surface area (Å²) in [6, 6.07) is 2.15. The zero-order valence-electron chi connectivity index (χ0n) is 9.02. The van der Waals surface area contributed by atoms with Crippen LogP contribution in [0.3, 0.4) is 0 Å². The van der Waals surface area contributed by atoms with E-state index in [-0.39, 0.29) is 0 Å². The molecule has 1 saturated heterocycles. The van der Waals surface area contributed by atoms with Gasteiger partial charge >= 0.3 is 0 Å². The molecule has 0 bridgehead atoms. The highest BCUT2D eigenvalue weighted by molar-refractivity contribution is 7.16. The zero-order chi connectivity index (χ0) is 10.6. The van der Waals surface area contributed by atoms with Crippen molar-refractivity contribution in [2.24, 2.45) is 0 Å². The van der Waals surface area contributed by atoms with Gasteiger partial charge in [0.05, 0.1) is 5.39 Å². The van der Waals surface area contributed by atoms with Crippen molar-refractivity contribution < 1.29 is 0 Å². The van der Waals surface area contributed by atoms with Crippen LogP contribution in [-0.2, 0) is 0 Å². The summed E-state index contributed by atoms with van der Waals surface area (Å²) in [4.78, 5) is 12.4. The molecule has 2 aliphatic rings. The fourth-order valence-electron chi connectivity index (χ4n) is 2.97. The minimum Gasteiger partial charge on any atom is -0.350 e. The van der Waals surface area contributed by atoms with Gasteiger partial charge < -0.3 is 4.90 Å². The average Bonchev–Trinajstić information content (AvgIpc) is 2.62. The van der Waals surface area contributed by atoms with Gasteiger partial charge in [-0.1, -0.05) is 0 Å². The topological polar surface area (TPSA) is 29.0 Å². The molecule has 1 aliphatic heterocycles. The Balaban J connectivity index is 1.84. The quantitative estimate of drug-likeness (QED) is 0.755. The number of fused-ring (bicyclic) bond motifs is 1. The fraction of sp³-hybridized carbons (Fsp3) is 0.500. The van der Waals surface area contributed by atoms with E-state index in [0.717, 1.165) is 10.6 Å². The molecule has 4 heteroatoms. The molecule has 1 aliphatic carbocycles. The molecule has 3 heterocycles. The van der Waals surface area contributed by atoms with Crippen LogP contribution in [0.4, 0.5) is 5.82 Å².